The van der Waals surface area contributed by atoms with Crippen LogP contribution in [0.25, 0.3) is 11.5 Å². The Labute approximate surface area is 139 Å². The van der Waals surface area contributed by atoms with Gasteiger partial charge in [0.2, 0.25) is 11.8 Å². The van der Waals surface area contributed by atoms with Crippen LogP contribution in [0.4, 0.5) is 4.79 Å². The number of aromatic nitrogens is 2. The number of hydrazone groups is 1. The molecule has 6 nitrogen and oxygen atoms in total. The fraction of sp³-hybridized carbons (Fsp3) is 0.375. The van der Waals surface area contributed by atoms with Crippen LogP contribution >= 0.6 is 11.8 Å². The molecule has 0 saturated carbocycles. The van der Waals surface area contributed by atoms with Crippen molar-refractivity contribution in [2.24, 2.45) is 10.5 Å². The summed E-state index contributed by atoms with van der Waals surface area (Å²) in [7, 11) is 0. The zero-order chi connectivity index (χ0) is 16.4. The molecule has 0 saturated heterocycles. The number of rotatable bonds is 3. The minimum atomic E-state index is -0.0996. The predicted octanol–water partition coefficient (Wildman–Crippen LogP) is 3.81. The van der Waals surface area contributed by atoms with E-state index in [2.05, 4.69) is 36.1 Å². The molecule has 1 aromatic carbocycles. The Morgan fingerprint density at radius 2 is 1.96 bits per heavy atom. The van der Waals surface area contributed by atoms with Crippen LogP contribution in [0.15, 0.2) is 39.9 Å². The summed E-state index contributed by atoms with van der Waals surface area (Å²) in [6, 6.07) is 9.53. The van der Waals surface area contributed by atoms with E-state index in [-0.39, 0.29) is 17.2 Å². The maximum absolute atomic E-state index is 12.0. The lowest BCUT2D eigenvalue weighted by molar-refractivity contribution is 0.215. The SMILES string of the molecule is CC(C)(C)C1=NN(Cc2nnc(-c3ccccc3)o2)C(=O)SC1. The van der Waals surface area contributed by atoms with Gasteiger partial charge in [-0.1, -0.05) is 50.7 Å². The first kappa shape index (κ1) is 15.7. The zero-order valence-electron chi connectivity index (χ0n) is 13.3. The Hall–Kier alpha value is -2.15. The van der Waals surface area contributed by atoms with Crippen molar-refractivity contribution in [3.63, 3.8) is 0 Å². The molecule has 0 atom stereocenters. The minimum Gasteiger partial charge on any atom is -0.419 e. The summed E-state index contributed by atoms with van der Waals surface area (Å²) in [6.45, 7) is 6.44. The summed E-state index contributed by atoms with van der Waals surface area (Å²) >= 11 is 1.25. The topological polar surface area (TPSA) is 71.6 Å². The Morgan fingerprint density at radius 1 is 1.22 bits per heavy atom. The molecule has 23 heavy (non-hydrogen) atoms. The van der Waals surface area contributed by atoms with Gasteiger partial charge in [-0.3, -0.25) is 4.79 Å². The number of hydrogen-bond acceptors (Lipinski definition) is 6. The number of benzene rings is 1. The lowest BCUT2D eigenvalue weighted by atomic mass is 9.91. The van der Waals surface area contributed by atoms with Gasteiger partial charge < -0.3 is 4.42 Å². The number of hydrogen-bond donors (Lipinski definition) is 0. The third-order valence-electron chi connectivity index (χ3n) is 3.42. The standard InChI is InChI=1S/C16H18N4O2S/c1-16(2,3)12-10-23-15(21)20(19-12)9-13-17-18-14(22-13)11-7-5-4-6-8-11/h4-8H,9-10H2,1-3H3. The fourth-order valence-electron chi connectivity index (χ4n) is 2.03. The Balaban J connectivity index is 1.79. The number of carbonyl (C=O) groups is 1. The van der Waals surface area contributed by atoms with Crippen molar-refractivity contribution in [3.8, 4) is 11.5 Å². The van der Waals surface area contributed by atoms with Crippen LogP contribution in [-0.4, -0.2) is 31.9 Å². The van der Waals surface area contributed by atoms with Crippen LogP contribution in [0.3, 0.4) is 0 Å². The molecule has 7 heteroatoms. The highest BCUT2D eigenvalue weighted by Gasteiger charge is 2.29. The Bertz CT molecular complexity index is 734. The predicted molar refractivity (Wildman–Crippen MR) is 90.0 cm³/mol. The molecule has 120 valence electrons. The Morgan fingerprint density at radius 3 is 2.65 bits per heavy atom. The van der Waals surface area contributed by atoms with Gasteiger partial charge >= 0.3 is 5.24 Å². The van der Waals surface area contributed by atoms with Crippen LogP contribution in [0.2, 0.25) is 0 Å². The normalized spacial score (nSPS) is 15.7. The van der Waals surface area contributed by atoms with E-state index < -0.39 is 0 Å². The molecule has 3 rings (SSSR count). The van der Waals surface area contributed by atoms with Crippen molar-refractivity contribution < 1.29 is 9.21 Å². The monoisotopic (exact) mass is 330 g/mol. The summed E-state index contributed by atoms with van der Waals surface area (Å²) < 4.78 is 5.65. The third-order valence-corrected chi connectivity index (χ3v) is 4.30. The molecule has 1 aliphatic heterocycles. The molecule has 0 radical (unpaired) electrons. The van der Waals surface area contributed by atoms with Gasteiger partial charge in [-0.2, -0.15) is 5.10 Å². The molecule has 1 aliphatic rings. The largest absolute Gasteiger partial charge is 0.419 e. The van der Waals surface area contributed by atoms with E-state index in [4.69, 9.17) is 4.42 Å². The summed E-state index contributed by atoms with van der Waals surface area (Å²) in [5, 5.41) is 13.8. The lowest BCUT2D eigenvalue weighted by Gasteiger charge is -2.28. The maximum atomic E-state index is 12.0. The van der Waals surface area contributed by atoms with Crippen LogP contribution in [-0.2, 0) is 6.54 Å². The number of nitrogens with zero attached hydrogens (tertiary/aromatic N) is 4. The molecular formula is C16H18N4O2S. The van der Waals surface area contributed by atoms with Crippen LogP contribution in [0.5, 0.6) is 0 Å². The third kappa shape index (κ3) is 3.61. The lowest BCUT2D eigenvalue weighted by Crippen LogP contribution is -2.34. The number of carbonyl (C=O) groups excluding carboxylic acids is 1. The summed E-state index contributed by atoms with van der Waals surface area (Å²) in [6.07, 6.45) is 0. The van der Waals surface area contributed by atoms with Crippen molar-refractivity contribution in [1.82, 2.24) is 15.2 Å². The summed E-state index contributed by atoms with van der Waals surface area (Å²) in [4.78, 5) is 12.0. The smallest absolute Gasteiger partial charge is 0.302 e. The molecule has 0 bridgehead atoms. The highest BCUT2D eigenvalue weighted by atomic mass is 32.2. The second kappa shape index (κ2) is 6.16. The van der Waals surface area contributed by atoms with Gasteiger partial charge in [0.25, 0.3) is 0 Å². The maximum Gasteiger partial charge on any atom is 0.302 e. The highest BCUT2D eigenvalue weighted by molar-refractivity contribution is 8.14. The van der Waals surface area contributed by atoms with Crippen molar-refractivity contribution in [1.29, 1.82) is 0 Å². The average Bonchev–Trinajstić information content (AvgIpc) is 2.98. The second-order valence-electron chi connectivity index (χ2n) is 6.28. The highest BCUT2D eigenvalue weighted by Crippen LogP contribution is 2.27. The number of thioether (sulfide) groups is 1. The van der Waals surface area contributed by atoms with Crippen molar-refractivity contribution >= 4 is 22.7 Å². The van der Waals surface area contributed by atoms with E-state index in [1.807, 2.05) is 30.3 Å². The minimum absolute atomic E-state index is 0.0734. The van der Waals surface area contributed by atoms with Crippen LogP contribution < -0.4 is 0 Å². The molecule has 0 unspecified atom stereocenters. The molecule has 0 N–H and O–H groups in total. The van der Waals surface area contributed by atoms with Crippen molar-refractivity contribution in [2.45, 2.75) is 27.3 Å². The van der Waals surface area contributed by atoms with E-state index in [0.717, 1.165) is 11.3 Å². The van der Waals surface area contributed by atoms with Crippen molar-refractivity contribution in [3.05, 3.63) is 36.2 Å². The zero-order valence-corrected chi connectivity index (χ0v) is 14.1. The fourth-order valence-corrected chi connectivity index (χ4v) is 3.03. The molecule has 1 aromatic heterocycles. The van der Waals surface area contributed by atoms with E-state index in [0.29, 0.717) is 17.5 Å². The average molecular weight is 330 g/mol. The van der Waals surface area contributed by atoms with Crippen LogP contribution in [0.1, 0.15) is 26.7 Å². The molecule has 2 heterocycles. The van der Waals surface area contributed by atoms with E-state index in [1.165, 1.54) is 16.8 Å². The first-order valence-electron chi connectivity index (χ1n) is 7.33. The first-order chi connectivity index (χ1) is 10.9. The molecule has 0 spiro atoms. The summed E-state index contributed by atoms with van der Waals surface area (Å²) in [5.41, 5.74) is 1.75. The van der Waals surface area contributed by atoms with Gasteiger partial charge in [-0.05, 0) is 12.1 Å². The molecule has 1 amide bonds. The van der Waals surface area contributed by atoms with Gasteiger partial charge in [0.15, 0.2) is 0 Å². The summed E-state index contributed by atoms with van der Waals surface area (Å²) in [5.74, 6) is 1.44. The van der Waals surface area contributed by atoms with Gasteiger partial charge in [0.05, 0.1) is 5.71 Å². The van der Waals surface area contributed by atoms with E-state index in [9.17, 15) is 4.79 Å². The van der Waals surface area contributed by atoms with Crippen LogP contribution in [0, 0.1) is 5.41 Å². The molecule has 0 fully saturated rings. The first-order valence-corrected chi connectivity index (χ1v) is 8.32. The van der Waals surface area contributed by atoms with Crippen molar-refractivity contribution in [2.75, 3.05) is 5.75 Å². The molecule has 0 aliphatic carbocycles. The Kier molecular flexibility index (Phi) is 4.21. The van der Waals surface area contributed by atoms with Gasteiger partial charge in [0.1, 0.15) is 6.54 Å². The molecular weight excluding hydrogens is 312 g/mol. The quantitative estimate of drug-likeness (QED) is 0.856. The number of amides is 1. The van der Waals surface area contributed by atoms with Gasteiger partial charge in [-0.25, -0.2) is 5.01 Å². The van der Waals surface area contributed by atoms with E-state index >= 15 is 0 Å². The van der Waals surface area contributed by atoms with Gasteiger partial charge in [-0.15, -0.1) is 10.2 Å². The van der Waals surface area contributed by atoms with Gasteiger partial charge in [0, 0.05) is 16.7 Å². The molecule has 2 aromatic rings. The van der Waals surface area contributed by atoms with E-state index in [1.54, 1.807) is 0 Å². The second-order valence-corrected chi connectivity index (χ2v) is 7.20.